The van der Waals surface area contributed by atoms with Crippen molar-refractivity contribution < 1.29 is 17.6 Å². The summed E-state index contributed by atoms with van der Waals surface area (Å²) in [5.41, 5.74) is 0.769. The average molecular weight is 445 g/mol. The molecule has 0 spiro atoms. The molecular formula is C23H18ClF3N3O. The summed E-state index contributed by atoms with van der Waals surface area (Å²) in [7, 11) is 0. The van der Waals surface area contributed by atoms with E-state index in [9.17, 15) is 13.2 Å². The van der Waals surface area contributed by atoms with Gasteiger partial charge < -0.3 is 4.42 Å². The van der Waals surface area contributed by atoms with Crippen LogP contribution in [0.15, 0.2) is 65.4 Å². The number of benzene rings is 1. The van der Waals surface area contributed by atoms with Crippen molar-refractivity contribution in [1.82, 2.24) is 14.7 Å². The number of furan rings is 1. The highest BCUT2D eigenvalue weighted by molar-refractivity contribution is 6.30. The van der Waals surface area contributed by atoms with Gasteiger partial charge in [-0.2, -0.15) is 13.2 Å². The number of rotatable bonds is 3. The lowest BCUT2D eigenvalue weighted by Gasteiger charge is -2.28. The average Bonchev–Trinajstić information content (AvgIpc) is 3.42. The predicted octanol–water partition coefficient (Wildman–Crippen LogP) is 6.49. The molecule has 8 heteroatoms. The van der Waals surface area contributed by atoms with E-state index in [-0.39, 0.29) is 28.3 Å². The molecule has 1 aromatic carbocycles. The summed E-state index contributed by atoms with van der Waals surface area (Å²) < 4.78 is 48.2. The fourth-order valence-electron chi connectivity index (χ4n) is 4.21. The molecule has 0 aliphatic carbocycles. The monoisotopic (exact) mass is 444 g/mol. The van der Waals surface area contributed by atoms with Gasteiger partial charge in [-0.1, -0.05) is 41.9 Å². The quantitative estimate of drug-likeness (QED) is 0.362. The van der Waals surface area contributed by atoms with Crippen LogP contribution >= 0.6 is 11.6 Å². The molecule has 1 fully saturated rings. The lowest BCUT2D eigenvalue weighted by Crippen LogP contribution is -2.26. The van der Waals surface area contributed by atoms with E-state index < -0.39 is 11.7 Å². The molecule has 0 bridgehead atoms. The van der Waals surface area contributed by atoms with Crippen LogP contribution in [0.2, 0.25) is 5.15 Å². The Morgan fingerprint density at radius 1 is 1.10 bits per heavy atom. The minimum Gasteiger partial charge on any atom is -0.464 e. The number of piperidine rings is 1. The van der Waals surface area contributed by atoms with Crippen LogP contribution in [0.4, 0.5) is 13.2 Å². The topological polar surface area (TPSA) is 44.5 Å². The second-order valence-corrected chi connectivity index (χ2v) is 8.01. The van der Waals surface area contributed by atoms with E-state index in [1.165, 1.54) is 22.4 Å². The zero-order chi connectivity index (χ0) is 21.6. The highest BCUT2D eigenvalue weighted by Gasteiger charge is 2.37. The van der Waals surface area contributed by atoms with Crippen LogP contribution in [-0.2, 0) is 6.18 Å². The lowest BCUT2D eigenvalue weighted by molar-refractivity contribution is -0.136. The zero-order valence-corrected chi connectivity index (χ0v) is 17.1. The second-order valence-electron chi connectivity index (χ2n) is 7.65. The molecule has 0 saturated carbocycles. The number of fused-ring (bicyclic) bond motifs is 1. The Morgan fingerprint density at radius 3 is 2.61 bits per heavy atom. The Labute approximate surface area is 181 Å². The largest absolute Gasteiger partial charge is 0.464 e. The van der Waals surface area contributed by atoms with Gasteiger partial charge in [-0.25, -0.2) is 10.3 Å². The van der Waals surface area contributed by atoms with Crippen molar-refractivity contribution in [1.29, 1.82) is 0 Å². The van der Waals surface area contributed by atoms with Gasteiger partial charge in [0.1, 0.15) is 10.9 Å². The van der Waals surface area contributed by atoms with Gasteiger partial charge in [0.05, 0.1) is 23.6 Å². The molecular weight excluding hydrogens is 427 g/mol. The fourth-order valence-corrected chi connectivity index (χ4v) is 4.50. The molecule has 4 heterocycles. The molecule has 1 aliphatic rings. The number of imidazole rings is 1. The van der Waals surface area contributed by atoms with Gasteiger partial charge in [0.25, 0.3) is 0 Å². The molecule has 4 nitrogen and oxygen atoms in total. The van der Waals surface area contributed by atoms with E-state index >= 15 is 0 Å². The predicted molar refractivity (Wildman–Crippen MR) is 111 cm³/mol. The van der Waals surface area contributed by atoms with Crippen molar-refractivity contribution in [3.8, 4) is 11.3 Å². The van der Waals surface area contributed by atoms with Crippen LogP contribution in [0.25, 0.3) is 17.0 Å². The SMILES string of the molecule is FC(F)(F)c1cc(-c2ccco2)cn2c(Cl)c(C3CC(c4ccccc4)CC[N]3)nc12. The molecule has 159 valence electrons. The number of aromatic nitrogens is 2. The fraction of sp³-hybridized carbons (Fsp3) is 0.261. The Balaban J connectivity index is 1.59. The Morgan fingerprint density at radius 2 is 1.90 bits per heavy atom. The van der Waals surface area contributed by atoms with Crippen molar-refractivity contribution in [3.05, 3.63) is 83.0 Å². The zero-order valence-electron chi connectivity index (χ0n) is 16.3. The van der Waals surface area contributed by atoms with Gasteiger partial charge in [0.15, 0.2) is 5.65 Å². The van der Waals surface area contributed by atoms with E-state index in [2.05, 4.69) is 22.4 Å². The third-order valence-corrected chi connectivity index (χ3v) is 6.09. The molecule has 1 saturated heterocycles. The number of hydrogen-bond donors (Lipinski definition) is 0. The first-order valence-corrected chi connectivity index (χ1v) is 10.3. The van der Waals surface area contributed by atoms with Crippen molar-refractivity contribution in [3.63, 3.8) is 0 Å². The first-order valence-electron chi connectivity index (χ1n) is 9.96. The van der Waals surface area contributed by atoms with Gasteiger partial charge in [-0.05, 0) is 42.5 Å². The Kier molecular flexibility index (Phi) is 5.02. The van der Waals surface area contributed by atoms with E-state index in [1.807, 2.05) is 18.2 Å². The first-order chi connectivity index (χ1) is 14.9. The van der Waals surface area contributed by atoms with Gasteiger partial charge in [-0.15, -0.1) is 0 Å². The Bertz CT molecular complexity index is 1200. The molecule has 3 aromatic heterocycles. The van der Waals surface area contributed by atoms with E-state index in [0.29, 0.717) is 24.4 Å². The van der Waals surface area contributed by atoms with Gasteiger partial charge >= 0.3 is 6.18 Å². The Hall–Kier alpha value is -2.77. The highest BCUT2D eigenvalue weighted by atomic mass is 35.5. The minimum absolute atomic E-state index is 0.149. The summed E-state index contributed by atoms with van der Waals surface area (Å²) in [6.07, 6.45) is -0.105. The van der Waals surface area contributed by atoms with Crippen molar-refractivity contribution in [2.24, 2.45) is 0 Å². The van der Waals surface area contributed by atoms with E-state index in [4.69, 9.17) is 16.0 Å². The van der Waals surface area contributed by atoms with E-state index in [1.54, 1.807) is 12.1 Å². The van der Waals surface area contributed by atoms with Crippen molar-refractivity contribution >= 4 is 17.2 Å². The minimum atomic E-state index is -4.59. The van der Waals surface area contributed by atoms with Gasteiger partial charge in [0.2, 0.25) is 0 Å². The molecule has 2 atom stereocenters. The number of alkyl halides is 3. The van der Waals surface area contributed by atoms with Crippen LogP contribution < -0.4 is 5.32 Å². The highest BCUT2D eigenvalue weighted by Crippen LogP contribution is 2.41. The first kappa shape index (κ1) is 20.2. The summed E-state index contributed by atoms with van der Waals surface area (Å²) >= 11 is 6.58. The lowest BCUT2D eigenvalue weighted by atomic mass is 9.85. The summed E-state index contributed by atoms with van der Waals surface area (Å²) in [5, 5.41) is 4.79. The van der Waals surface area contributed by atoms with E-state index in [0.717, 1.165) is 12.5 Å². The normalized spacial score (nSPS) is 19.7. The number of pyridine rings is 1. The molecule has 0 N–H and O–H groups in total. The number of halogens is 4. The summed E-state index contributed by atoms with van der Waals surface area (Å²) in [4.78, 5) is 4.34. The maximum absolute atomic E-state index is 13.9. The third-order valence-electron chi connectivity index (χ3n) is 5.72. The summed E-state index contributed by atoms with van der Waals surface area (Å²) in [6.45, 7) is 0.609. The van der Waals surface area contributed by atoms with Gasteiger partial charge in [-0.3, -0.25) is 4.40 Å². The number of hydrogen-bond acceptors (Lipinski definition) is 2. The second kappa shape index (κ2) is 7.73. The molecule has 2 unspecified atom stereocenters. The van der Waals surface area contributed by atoms with Gasteiger partial charge in [0, 0.05) is 18.3 Å². The molecule has 5 rings (SSSR count). The van der Waals surface area contributed by atoms with Crippen molar-refractivity contribution in [2.45, 2.75) is 31.0 Å². The molecule has 0 amide bonds. The van der Waals surface area contributed by atoms with Crippen molar-refractivity contribution in [2.75, 3.05) is 6.54 Å². The van der Waals surface area contributed by atoms with Crippen LogP contribution in [0, 0.1) is 0 Å². The van der Waals surface area contributed by atoms with Crippen LogP contribution in [0.5, 0.6) is 0 Å². The maximum atomic E-state index is 13.9. The summed E-state index contributed by atoms with van der Waals surface area (Å²) in [5.74, 6) is 0.579. The molecule has 4 aromatic rings. The van der Waals surface area contributed by atoms with Crippen LogP contribution in [0.3, 0.4) is 0 Å². The summed E-state index contributed by atoms with van der Waals surface area (Å²) in [6, 6.07) is 14.0. The molecule has 1 radical (unpaired) electrons. The number of nitrogens with zero attached hydrogens (tertiary/aromatic N) is 3. The molecule has 1 aliphatic heterocycles. The maximum Gasteiger partial charge on any atom is 0.420 e. The smallest absolute Gasteiger partial charge is 0.420 e. The van der Waals surface area contributed by atoms with Crippen LogP contribution in [-0.4, -0.2) is 15.9 Å². The molecule has 31 heavy (non-hydrogen) atoms. The van der Waals surface area contributed by atoms with Crippen LogP contribution in [0.1, 0.15) is 41.6 Å². The third kappa shape index (κ3) is 3.72. The standard InChI is InChI=1S/C23H18ClF3N3O/c24-21-20(18-12-15(8-9-28-18)14-5-2-1-3-6-14)29-22-17(23(25,26)27)11-16(13-30(21)22)19-7-4-10-31-19/h1-7,10-11,13,15,18H,8-9,12H2.